The van der Waals surface area contributed by atoms with Gasteiger partial charge in [0.25, 0.3) is 0 Å². The van der Waals surface area contributed by atoms with Gasteiger partial charge in [-0.1, -0.05) is 47.1 Å². The molecular weight excluding hydrogens is 229 g/mol. The Balaban J connectivity index is 1.87. The van der Waals surface area contributed by atoms with E-state index in [4.69, 9.17) is 4.84 Å². The van der Waals surface area contributed by atoms with Gasteiger partial charge in [-0.25, -0.2) is 4.39 Å². The first-order chi connectivity index (χ1) is 8.74. The lowest BCUT2D eigenvalue weighted by Crippen LogP contribution is -1.89. The van der Waals surface area contributed by atoms with Gasteiger partial charge in [-0.15, -0.1) is 0 Å². The van der Waals surface area contributed by atoms with Crippen molar-refractivity contribution in [1.29, 1.82) is 0 Å². The van der Waals surface area contributed by atoms with Crippen LogP contribution >= 0.6 is 0 Å². The number of nitrogens with zero attached hydrogens (tertiary/aromatic N) is 1. The molecule has 0 aliphatic heterocycles. The molecule has 91 valence electrons. The Morgan fingerprint density at radius 1 is 1.17 bits per heavy atom. The number of rotatable bonds is 4. The Morgan fingerprint density at radius 2 is 1.94 bits per heavy atom. The molecule has 2 aromatic rings. The first-order valence-corrected chi connectivity index (χ1v) is 5.63. The van der Waals surface area contributed by atoms with Crippen LogP contribution in [0.15, 0.2) is 53.7 Å². The Hall–Kier alpha value is -2.16. The molecule has 0 amide bonds. The highest BCUT2D eigenvalue weighted by molar-refractivity contribution is 5.78. The fraction of sp³-hybridized carbons (Fsp3) is 0.133. The van der Waals surface area contributed by atoms with E-state index in [1.165, 1.54) is 17.7 Å². The summed E-state index contributed by atoms with van der Waals surface area (Å²) in [6.07, 6.45) is 2.63. The van der Waals surface area contributed by atoms with Crippen molar-refractivity contribution in [2.75, 3.05) is 0 Å². The van der Waals surface area contributed by atoms with E-state index in [0.29, 0.717) is 12.2 Å². The zero-order chi connectivity index (χ0) is 12.8. The third kappa shape index (κ3) is 3.70. The smallest absolute Gasteiger partial charge is 0.142 e. The largest absolute Gasteiger partial charge is 0.390 e. The van der Waals surface area contributed by atoms with Crippen molar-refractivity contribution < 1.29 is 9.23 Å². The molecule has 0 spiro atoms. The first-order valence-electron chi connectivity index (χ1n) is 5.63. The Labute approximate surface area is 106 Å². The Morgan fingerprint density at radius 3 is 2.67 bits per heavy atom. The molecule has 0 fully saturated rings. The van der Waals surface area contributed by atoms with Gasteiger partial charge < -0.3 is 4.84 Å². The van der Waals surface area contributed by atoms with E-state index in [0.717, 1.165) is 5.56 Å². The number of halogens is 1. The topological polar surface area (TPSA) is 21.6 Å². The van der Waals surface area contributed by atoms with Gasteiger partial charge in [0.15, 0.2) is 0 Å². The molecule has 0 unspecified atom stereocenters. The van der Waals surface area contributed by atoms with Crippen molar-refractivity contribution in [3.05, 3.63) is 71.0 Å². The molecule has 2 aromatic carbocycles. The van der Waals surface area contributed by atoms with Gasteiger partial charge in [0.1, 0.15) is 18.6 Å². The third-order valence-corrected chi connectivity index (χ3v) is 2.42. The van der Waals surface area contributed by atoms with E-state index in [1.54, 1.807) is 12.1 Å². The van der Waals surface area contributed by atoms with Crippen LogP contribution in [-0.2, 0) is 11.4 Å². The van der Waals surface area contributed by atoms with Crippen molar-refractivity contribution in [1.82, 2.24) is 0 Å². The summed E-state index contributed by atoms with van der Waals surface area (Å²) in [5.41, 5.74) is 2.79. The second kappa shape index (κ2) is 5.96. The maximum Gasteiger partial charge on any atom is 0.142 e. The second-order valence-corrected chi connectivity index (χ2v) is 3.97. The molecule has 0 aliphatic rings. The Bertz CT molecular complexity index is 534. The van der Waals surface area contributed by atoms with Crippen LogP contribution in [0.3, 0.4) is 0 Å². The standard InChI is InChI=1S/C15H13FNO/c1-12-5-7-13(8-6-12)11-18-17-10-14-3-2-4-15(16)9-14/h2-9H,11H2,1H3. The van der Waals surface area contributed by atoms with Crippen molar-refractivity contribution in [3.63, 3.8) is 0 Å². The van der Waals surface area contributed by atoms with E-state index < -0.39 is 0 Å². The maximum atomic E-state index is 12.9. The van der Waals surface area contributed by atoms with E-state index in [1.807, 2.05) is 31.2 Å². The summed E-state index contributed by atoms with van der Waals surface area (Å²) >= 11 is 0. The maximum absolute atomic E-state index is 12.9. The third-order valence-electron chi connectivity index (χ3n) is 2.42. The highest BCUT2D eigenvalue weighted by atomic mass is 19.1. The number of aryl methyl sites for hydroxylation is 1. The fourth-order valence-corrected chi connectivity index (χ4v) is 1.43. The molecule has 0 saturated carbocycles. The Kier molecular flexibility index (Phi) is 4.07. The van der Waals surface area contributed by atoms with Crippen LogP contribution in [-0.4, -0.2) is 6.21 Å². The van der Waals surface area contributed by atoms with Crippen molar-refractivity contribution in [3.8, 4) is 0 Å². The molecule has 0 bridgehead atoms. The van der Waals surface area contributed by atoms with Crippen LogP contribution in [0.25, 0.3) is 0 Å². The summed E-state index contributed by atoms with van der Waals surface area (Å²) in [5.74, 6) is -0.311. The van der Waals surface area contributed by atoms with E-state index in [-0.39, 0.29) is 5.82 Å². The van der Waals surface area contributed by atoms with Crippen molar-refractivity contribution >= 4 is 6.21 Å². The summed E-state index contributed by atoms with van der Waals surface area (Å²) in [7, 11) is 0. The molecule has 3 heteroatoms. The van der Waals surface area contributed by atoms with Crippen LogP contribution in [0.4, 0.5) is 4.39 Å². The zero-order valence-corrected chi connectivity index (χ0v) is 10.1. The molecule has 0 N–H and O–H groups in total. The number of benzene rings is 2. The van der Waals surface area contributed by atoms with Gasteiger partial charge in [0.05, 0.1) is 0 Å². The number of hydrogen-bond donors (Lipinski definition) is 0. The molecule has 0 heterocycles. The van der Waals surface area contributed by atoms with Crippen molar-refractivity contribution in [2.24, 2.45) is 5.16 Å². The molecule has 18 heavy (non-hydrogen) atoms. The van der Waals surface area contributed by atoms with E-state index in [9.17, 15) is 4.39 Å². The zero-order valence-electron chi connectivity index (χ0n) is 10.1. The van der Waals surface area contributed by atoms with Crippen molar-refractivity contribution in [2.45, 2.75) is 13.5 Å². The normalized spacial score (nSPS) is 10.8. The highest BCUT2D eigenvalue weighted by Crippen LogP contribution is 2.05. The lowest BCUT2D eigenvalue weighted by molar-refractivity contribution is 0.132. The summed E-state index contributed by atoms with van der Waals surface area (Å²) < 4.78 is 12.9. The van der Waals surface area contributed by atoms with Gasteiger partial charge in [-0.2, -0.15) is 0 Å². The fourth-order valence-electron chi connectivity index (χ4n) is 1.43. The van der Waals surface area contributed by atoms with Gasteiger partial charge >= 0.3 is 0 Å². The molecule has 0 aliphatic carbocycles. The lowest BCUT2D eigenvalue weighted by Gasteiger charge is -1.99. The summed E-state index contributed by atoms with van der Waals surface area (Å²) in [5, 5.41) is 3.68. The summed E-state index contributed by atoms with van der Waals surface area (Å²) in [6, 6.07) is 14.0. The molecule has 1 radical (unpaired) electrons. The highest BCUT2D eigenvalue weighted by Gasteiger charge is 1.93. The minimum Gasteiger partial charge on any atom is -0.390 e. The second-order valence-electron chi connectivity index (χ2n) is 3.97. The van der Waals surface area contributed by atoms with Gasteiger partial charge in [-0.05, 0) is 24.6 Å². The molecule has 0 atom stereocenters. The van der Waals surface area contributed by atoms with Crippen LogP contribution in [0, 0.1) is 12.7 Å². The van der Waals surface area contributed by atoms with Gasteiger partial charge in [0, 0.05) is 5.56 Å². The predicted octanol–water partition coefficient (Wildman–Crippen LogP) is 3.56. The van der Waals surface area contributed by atoms with E-state index in [2.05, 4.69) is 11.4 Å². The SMILES string of the molecule is Cc1ccc(CO/N=[C]\c2cccc(F)c2)cc1. The quantitative estimate of drug-likeness (QED) is 0.593. The molecule has 2 nitrogen and oxygen atoms in total. The van der Waals surface area contributed by atoms with E-state index >= 15 is 0 Å². The average Bonchev–Trinajstić information content (AvgIpc) is 2.37. The predicted molar refractivity (Wildman–Crippen MR) is 68.9 cm³/mol. The van der Waals surface area contributed by atoms with Crippen LogP contribution in [0.5, 0.6) is 0 Å². The molecule has 2 rings (SSSR count). The summed E-state index contributed by atoms with van der Waals surface area (Å²) in [4.78, 5) is 5.09. The monoisotopic (exact) mass is 242 g/mol. The first kappa shape index (κ1) is 12.3. The van der Waals surface area contributed by atoms with Crippen LogP contribution in [0.1, 0.15) is 16.7 Å². The number of hydrogen-bond acceptors (Lipinski definition) is 2. The lowest BCUT2D eigenvalue weighted by atomic mass is 10.2. The molecule has 0 aromatic heterocycles. The molecule has 0 saturated heterocycles. The summed E-state index contributed by atoms with van der Waals surface area (Å²) in [6.45, 7) is 2.41. The van der Waals surface area contributed by atoms with Crippen LogP contribution < -0.4 is 0 Å². The molecular formula is C15H13FNO. The van der Waals surface area contributed by atoms with Crippen LogP contribution in [0.2, 0.25) is 0 Å². The van der Waals surface area contributed by atoms with Gasteiger partial charge in [-0.3, -0.25) is 0 Å². The minimum atomic E-state index is -0.311. The average molecular weight is 242 g/mol. The van der Waals surface area contributed by atoms with Gasteiger partial charge in [0.2, 0.25) is 0 Å². The minimum absolute atomic E-state index is 0.311.